The smallest absolute Gasteiger partial charge is 0.186 e. The fourth-order valence-corrected chi connectivity index (χ4v) is 2.41. The van der Waals surface area contributed by atoms with E-state index in [2.05, 4.69) is 20.9 Å². The van der Waals surface area contributed by atoms with Crippen LogP contribution in [-0.2, 0) is 10.5 Å². The number of thioether (sulfide) groups is 1. The topological polar surface area (TPSA) is 30.0 Å². The third-order valence-electron chi connectivity index (χ3n) is 0.923. The molecule has 1 rings (SSSR count). The number of carbonyl (C=O) groups excluding carboxylic acids is 1. The molecule has 5 heteroatoms. The molecule has 11 heavy (non-hydrogen) atoms. The number of aromatic nitrogens is 1. The van der Waals surface area contributed by atoms with E-state index in [9.17, 15) is 4.79 Å². The third kappa shape index (κ3) is 3.35. The molecule has 0 aromatic carbocycles. The lowest BCUT2D eigenvalue weighted by Crippen LogP contribution is -1.83. The number of nitrogens with zero attached hydrogens (tertiary/aromatic N) is 1. The summed E-state index contributed by atoms with van der Waals surface area (Å²) in [6.07, 6.45) is 0. The van der Waals surface area contributed by atoms with Crippen LogP contribution in [0.4, 0.5) is 0 Å². The largest absolute Gasteiger partial charge is 0.288 e. The molecule has 0 bridgehead atoms. The van der Waals surface area contributed by atoms with Gasteiger partial charge in [-0.3, -0.25) is 4.79 Å². The van der Waals surface area contributed by atoms with Gasteiger partial charge in [0.05, 0.1) is 5.75 Å². The van der Waals surface area contributed by atoms with Crippen LogP contribution in [-0.4, -0.2) is 10.1 Å². The van der Waals surface area contributed by atoms with Gasteiger partial charge in [0.2, 0.25) is 0 Å². The SMILES string of the molecule is CC(=O)SCc1nc(Br)cs1. The molecule has 1 heterocycles. The van der Waals surface area contributed by atoms with E-state index >= 15 is 0 Å². The van der Waals surface area contributed by atoms with Gasteiger partial charge in [-0.2, -0.15) is 0 Å². The van der Waals surface area contributed by atoms with Gasteiger partial charge in [-0.05, 0) is 15.9 Å². The summed E-state index contributed by atoms with van der Waals surface area (Å²) in [5, 5.41) is 3.03. The fraction of sp³-hybridized carbons (Fsp3) is 0.333. The minimum Gasteiger partial charge on any atom is -0.288 e. The van der Waals surface area contributed by atoms with Crippen molar-refractivity contribution < 1.29 is 4.79 Å². The van der Waals surface area contributed by atoms with Crippen LogP contribution < -0.4 is 0 Å². The molecule has 0 amide bonds. The Kier molecular flexibility index (Phi) is 3.54. The van der Waals surface area contributed by atoms with Crippen molar-refractivity contribution in [3.63, 3.8) is 0 Å². The number of hydrogen-bond donors (Lipinski definition) is 0. The van der Waals surface area contributed by atoms with E-state index in [4.69, 9.17) is 0 Å². The highest BCUT2D eigenvalue weighted by Crippen LogP contribution is 2.19. The molecule has 0 atom stereocenters. The summed E-state index contributed by atoms with van der Waals surface area (Å²) >= 11 is 6.09. The standard InChI is InChI=1S/C6H6BrNOS2/c1-4(9)10-3-6-8-5(7)2-11-6/h2H,3H2,1H3. The molecule has 0 spiro atoms. The summed E-state index contributed by atoms with van der Waals surface area (Å²) in [5.41, 5.74) is 0. The summed E-state index contributed by atoms with van der Waals surface area (Å²) in [5.74, 6) is 0.686. The predicted molar refractivity (Wildman–Crippen MR) is 51.8 cm³/mol. The van der Waals surface area contributed by atoms with Gasteiger partial charge in [0.25, 0.3) is 0 Å². The average molecular weight is 252 g/mol. The van der Waals surface area contributed by atoms with E-state index in [-0.39, 0.29) is 5.12 Å². The maximum atomic E-state index is 10.6. The quantitative estimate of drug-likeness (QED) is 0.810. The third-order valence-corrected chi connectivity index (χ3v) is 3.49. The summed E-state index contributed by atoms with van der Waals surface area (Å²) in [4.78, 5) is 14.7. The lowest BCUT2D eigenvalue weighted by Gasteiger charge is -1.89. The zero-order valence-electron chi connectivity index (χ0n) is 5.83. The summed E-state index contributed by atoms with van der Waals surface area (Å²) in [7, 11) is 0. The molecule has 1 aromatic heterocycles. The molecular weight excluding hydrogens is 246 g/mol. The van der Waals surface area contributed by atoms with E-state index in [0.717, 1.165) is 9.61 Å². The van der Waals surface area contributed by atoms with E-state index < -0.39 is 0 Å². The van der Waals surface area contributed by atoms with Gasteiger partial charge in [-0.15, -0.1) is 11.3 Å². The second-order valence-corrected chi connectivity index (χ2v) is 4.75. The van der Waals surface area contributed by atoms with Crippen LogP contribution in [0.25, 0.3) is 0 Å². The molecule has 0 saturated heterocycles. The van der Waals surface area contributed by atoms with Crippen LogP contribution in [0.15, 0.2) is 9.98 Å². The molecule has 0 unspecified atom stereocenters. The molecule has 2 nitrogen and oxygen atoms in total. The first-order valence-electron chi connectivity index (χ1n) is 2.92. The highest BCUT2D eigenvalue weighted by Gasteiger charge is 2.00. The van der Waals surface area contributed by atoms with Crippen LogP contribution in [0.5, 0.6) is 0 Å². The first-order chi connectivity index (χ1) is 5.18. The van der Waals surface area contributed by atoms with E-state index in [1.807, 2.05) is 5.38 Å². The van der Waals surface area contributed by atoms with Gasteiger partial charge < -0.3 is 0 Å². The summed E-state index contributed by atoms with van der Waals surface area (Å²) in [6, 6.07) is 0. The first kappa shape index (κ1) is 9.22. The van der Waals surface area contributed by atoms with Crippen molar-refractivity contribution >= 4 is 44.1 Å². The molecule has 0 radical (unpaired) electrons. The maximum absolute atomic E-state index is 10.6. The second-order valence-electron chi connectivity index (χ2n) is 1.84. The number of hydrogen-bond acceptors (Lipinski definition) is 4. The summed E-state index contributed by atoms with van der Waals surface area (Å²) < 4.78 is 0.849. The average Bonchev–Trinajstić information content (AvgIpc) is 2.31. The van der Waals surface area contributed by atoms with E-state index in [0.29, 0.717) is 5.75 Å². The Bertz CT molecular complexity index is 261. The van der Waals surface area contributed by atoms with Crippen molar-refractivity contribution in [2.24, 2.45) is 0 Å². The Labute approximate surface area is 81.5 Å². The van der Waals surface area contributed by atoms with Crippen molar-refractivity contribution in [1.29, 1.82) is 0 Å². The van der Waals surface area contributed by atoms with Crippen molar-refractivity contribution in [2.75, 3.05) is 0 Å². The predicted octanol–water partition coefficient (Wildman–Crippen LogP) is 2.69. The Hall–Kier alpha value is 0.130. The monoisotopic (exact) mass is 251 g/mol. The molecular formula is C6H6BrNOS2. The number of rotatable bonds is 2. The normalized spacial score (nSPS) is 10.0. The number of halogens is 1. The Balaban J connectivity index is 2.45. The van der Waals surface area contributed by atoms with Gasteiger partial charge in [0.15, 0.2) is 5.12 Å². The lowest BCUT2D eigenvalue weighted by atomic mass is 10.8. The Morgan fingerprint density at radius 1 is 1.91 bits per heavy atom. The highest BCUT2D eigenvalue weighted by atomic mass is 79.9. The maximum Gasteiger partial charge on any atom is 0.186 e. The first-order valence-corrected chi connectivity index (χ1v) is 5.57. The number of thiazole rings is 1. The van der Waals surface area contributed by atoms with Crippen molar-refractivity contribution in [3.8, 4) is 0 Å². The molecule has 0 aliphatic rings. The van der Waals surface area contributed by atoms with Gasteiger partial charge in [-0.1, -0.05) is 11.8 Å². The zero-order valence-corrected chi connectivity index (χ0v) is 9.05. The van der Waals surface area contributed by atoms with Crippen molar-refractivity contribution in [3.05, 3.63) is 15.0 Å². The molecule has 0 saturated carbocycles. The van der Waals surface area contributed by atoms with Gasteiger partial charge >= 0.3 is 0 Å². The highest BCUT2D eigenvalue weighted by molar-refractivity contribution is 9.10. The zero-order chi connectivity index (χ0) is 8.27. The van der Waals surface area contributed by atoms with Gasteiger partial charge in [-0.25, -0.2) is 4.98 Å². The van der Waals surface area contributed by atoms with Gasteiger partial charge in [0, 0.05) is 12.3 Å². The van der Waals surface area contributed by atoms with Crippen LogP contribution in [0.2, 0.25) is 0 Å². The summed E-state index contributed by atoms with van der Waals surface area (Å²) in [6.45, 7) is 1.56. The van der Waals surface area contributed by atoms with E-state index in [1.54, 1.807) is 18.3 Å². The minimum atomic E-state index is 0.135. The molecule has 0 fully saturated rings. The minimum absolute atomic E-state index is 0.135. The molecule has 0 aliphatic heterocycles. The van der Waals surface area contributed by atoms with Crippen molar-refractivity contribution in [1.82, 2.24) is 4.98 Å². The lowest BCUT2D eigenvalue weighted by molar-refractivity contribution is -0.109. The molecule has 0 aliphatic carbocycles. The Morgan fingerprint density at radius 2 is 2.64 bits per heavy atom. The molecule has 0 N–H and O–H groups in total. The van der Waals surface area contributed by atoms with Crippen LogP contribution in [0.3, 0.4) is 0 Å². The van der Waals surface area contributed by atoms with Crippen LogP contribution in [0, 0.1) is 0 Å². The molecule has 60 valence electrons. The fourth-order valence-electron chi connectivity index (χ4n) is 0.518. The number of carbonyl (C=O) groups is 1. The Morgan fingerprint density at radius 3 is 3.09 bits per heavy atom. The van der Waals surface area contributed by atoms with Crippen LogP contribution in [0.1, 0.15) is 11.9 Å². The van der Waals surface area contributed by atoms with Gasteiger partial charge in [0.1, 0.15) is 9.61 Å². The second kappa shape index (κ2) is 4.23. The van der Waals surface area contributed by atoms with Crippen molar-refractivity contribution in [2.45, 2.75) is 12.7 Å². The van der Waals surface area contributed by atoms with E-state index in [1.165, 1.54) is 11.8 Å². The van der Waals surface area contributed by atoms with Crippen LogP contribution >= 0.6 is 39.0 Å². The molecule has 1 aromatic rings.